The number of nitrogens with zero attached hydrogens (tertiary/aromatic N) is 2. The van der Waals surface area contributed by atoms with Crippen LogP contribution in [0.1, 0.15) is 38.5 Å². The summed E-state index contributed by atoms with van der Waals surface area (Å²) in [6, 6.07) is 8.34. The number of carbonyl (C=O) groups is 2. The van der Waals surface area contributed by atoms with Crippen LogP contribution >= 0.6 is 0 Å². The monoisotopic (exact) mass is 407 g/mol. The maximum Gasteiger partial charge on any atom is 0.243 e. The van der Waals surface area contributed by atoms with Gasteiger partial charge in [0.2, 0.25) is 21.8 Å². The molecule has 2 aliphatic rings. The lowest BCUT2D eigenvalue weighted by atomic mass is 9.99. The zero-order valence-corrected chi connectivity index (χ0v) is 17.0. The molecular formula is C20H29N3O4S. The minimum atomic E-state index is -3.58. The van der Waals surface area contributed by atoms with E-state index in [1.165, 1.54) is 4.31 Å². The fourth-order valence-corrected chi connectivity index (χ4v) is 5.39. The summed E-state index contributed by atoms with van der Waals surface area (Å²) >= 11 is 0. The number of likely N-dealkylation sites (tertiary alicyclic amines) is 1. The lowest BCUT2D eigenvalue weighted by molar-refractivity contribution is -0.131. The molecule has 2 amide bonds. The highest BCUT2D eigenvalue weighted by Crippen LogP contribution is 2.23. The number of amides is 2. The summed E-state index contributed by atoms with van der Waals surface area (Å²) in [5.41, 5.74) is 0. The van der Waals surface area contributed by atoms with Crippen molar-refractivity contribution in [3.63, 3.8) is 0 Å². The van der Waals surface area contributed by atoms with E-state index in [9.17, 15) is 18.0 Å². The van der Waals surface area contributed by atoms with Gasteiger partial charge in [0, 0.05) is 39.1 Å². The number of rotatable bonds is 6. The van der Waals surface area contributed by atoms with E-state index in [1.54, 1.807) is 30.3 Å². The Morgan fingerprint density at radius 1 is 1.07 bits per heavy atom. The Labute approximate surface area is 167 Å². The first-order valence-corrected chi connectivity index (χ1v) is 11.5. The molecule has 2 saturated heterocycles. The predicted octanol–water partition coefficient (Wildman–Crippen LogP) is 1.61. The van der Waals surface area contributed by atoms with Crippen molar-refractivity contribution >= 4 is 21.8 Å². The molecule has 2 aliphatic heterocycles. The first-order valence-electron chi connectivity index (χ1n) is 10.1. The Bertz CT molecular complexity index is 782. The molecule has 1 aromatic rings. The van der Waals surface area contributed by atoms with Crippen LogP contribution in [0.15, 0.2) is 35.2 Å². The Morgan fingerprint density at radius 2 is 1.86 bits per heavy atom. The molecule has 1 unspecified atom stereocenters. The van der Waals surface area contributed by atoms with Gasteiger partial charge in [0.05, 0.1) is 10.8 Å². The number of piperidine rings is 1. The van der Waals surface area contributed by atoms with Gasteiger partial charge in [-0.15, -0.1) is 0 Å². The van der Waals surface area contributed by atoms with Crippen LogP contribution in [-0.4, -0.2) is 62.2 Å². The number of benzene rings is 1. The largest absolute Gasteiger partial charge is 0.354 e. The van der Waals surface area contributed by atoms with Crippen molar-refractivity contribution in [3.8, 4) is 0 Å². The second kappa shape index (κ2) is 9.52. The van der Waals surface area contributed by atoms with Crippen LogP contribution in [-0.2, 0) is 19.6 Å². The van der Waals surface area contributed by atoms with Gasteiger partial charge in [-0.2, -0.15) is 4.31 Å². The van der Waals surface area contributed by atoms with Crippen LogP contribution in [0.3, 0.4) is 0 Å². The van der Waals surface area contributed by atoms with Crippen LogP contribution in [0.5, 0.6) is 0 Å². The maximum absolute atomic E-state index is 12.8. The average molecular weight is 408 g/mol. The molecule has 0 aromatic heterocycles. The maximum atomic E-state index is 12.8. The number of carbonyl (C=O) groups excluding carboxylic acids is 2. The van der Waals surface area contributed by atoms with Gasteiger partial charge in [0.25, 0.3) is 0 Å². The summed E-state index contributed by atoms with van der Waals surface area (Å²) in [5.74, 6) is -0.327. The van der Waals surface area contributed by atoms with Crippen molar-refractivity contribution in [2.45, 2.75) is 43.4 Å². The van der Waals surface area contributed by atoms with E-state index in [0.29, 0.717) is 38.9 Å². The van der Waals surface area contributed by atoms with E-state index >= 15 is 0 Å². The van der Waals surface area contributed by atoms with Gasteiger partial charge >= 0.3 is 0 Å². The highest BCUT2D eigenvalue weighted by molar-refractivity contribution is 7.89. The van der Waals surface area contributed by atoms with Crippen LogP contribution in [0, 0.1) is 5.92 Å². The van der Waals surface area contributed by atoms with Crippen LogP contribution in [0.2, 0.25) is 0 Å². The molecule has 8 heteroatoms. The quantitative estimate of drug-likeness (QED) is 0.776. The summed E-state index contributed by atoms with van der Waals surface area (Å²) in [4.78, 5) is 26.7. The van der Waals surface area contributed by atoms with Gasteiger partial charge in [0.1, 0.15) is 0 Å². The SMILES string of the molecule is O=C(NCCN1CCCCCC1=O)C1CCCN(S(=O)(=O)c2ccccc2)C1. The Morgan fingerprint density at radius 3 is 2.64 bits per heavy atom. The zero-order valence-electron chi connectivity index (χ0n) is 16.2. The van der Waals surface area contributed by atoms with Gasteiger partial charge in [-0.25, -0.2) is 8.42 Å². The topological polar surface area (TPSA) is 86.8 Å². The first kappa shape index (κ1) is 20.8. The minimum absolute atomic E-state index is 0.129. The standard InChI is InChI=1S/C20H29N3O4S/c24-19-11-5-2-6-13-22(19)15-12-21-20(25)17-8-7-14-23(16-17)28(26,27)18-9-3-1-4-10-18/h1,3-4,9-10,17H,2,5-8,11-16H2,(H,21,25). The Balaban J connectivity index is 1.52. The van der Waals surface area contributed by atoms with Crippen molar-refractivity contribution in [2.75, 3.05) is 32.7 Å². The fourth-order valence-electron chi connectivity index (χ4n) is 3.85. The highest BCUT2D eigenvalue weighted by Gasteiger charge is 2.33. The van der Waals surface area contributed by atoms with Gasteiger partial charge in [-0.3, -0.25) is 9.59 Å². The normalized spacial score (nSPS) is 21.9. The molecule has 2 heterocycles. The number of sulfonamides is 1. The van der Waals surface area contributed by atoms with Crippen LogP contribution in [0.4, 0.5) is 0 Å². The second-order valence-corrected chi connectivity index (χ2v) is 9.44. The molecule has 0 bridgehead atoms. The Kier molecular flexibility index (Phi) is 7.07. The van der Waals surface area contributed by atoms with Crippen molar-refractivity contribution < 1.29 is 18.0 Å². The minimum Gasteiger partial charge on any atom is -0.354 e. The van der Waals surface area contributed by atoms with Crippen molar-refractivity contribution in [3.05, 3.63) is 30.3 Å². The molecule has 7 nitrogen and oxygen atoms in total. The van der Waals surface area contributed by atoms with Gasteiger partial charge in [-0.1, -0.05) is 24.6 Å². The third-order valence-electron chi connectivity index (χ3n) is 5.49. The van der Waals surface area contributed by atoms with Gasteiger partial charge in [-0.05, 0) is 37.8 Å². The molecule has 1 atom stereocenters. The first-order chi connectivity index (χ1) is 13.5. The van der Waals surface area contributed by atoms with Gasteiger partial charge in [0.15, 0.2) is 0 Å². The molecule has 154 valence electrons. The number of nitrogens with one attached hydrogen (secondary N) is 1. The number of hydrogen-bond acceptors (Lipinski definition) is 4. The van der Waals surface area contributed by atoms with Gasteiger partial charge < -0.3 is 10.2 Å². The lowest BCUT2D eigenvalue weighted by Crippen LogP contribution is -2.46. The van der Waals surface area contributed by atoms with E-state index in [2.05, 4.69) is 5.32 Å². The average Bonchev–Trinajstić information content (AvgIpc) is 2.93. The molecule has 1 N–H and O–H groups in total. The molecular weight excluding hydrogens is 378 g/mol. The van der Waals surface area contributed by atoms with Crippen molar-refractivity contribution in [2.24, 2.45) is 5.92 Å². The predicted molar refractivity (Wildman–Crippen MR) is 106 cm³/mol. The lowest BCUT2D eigenvalue weighted by Gasteiger charge is -2.31. The van der Waals surface area contributed by atoms with Crippen molar-refractivity contribution in [1.82, 2.24) is 14.5 Å². The summed E-state index contributed by atoms with van der Waals surface area (Å²) in [6.07, 6.45) is 4.94. The molecule has 3 rings (SSSR count). The Hall–Kier alpha value is -1.93. The van der Waals surface area contributed by atoms with Crippen molar-refractivity contribution in [1.29, 1.82) is 0 Å². The second-order valence-electron chi connectivity index (χ2n) is 7.50. The highest BCUT2D eigenvalue weighted by atomic mass is 32.2. The van der Waals surface area contributed by atoms with Crippen LogP contribution < -0.4 is 5.32 Å². The molecule has 0 saturated carbocycles. The summed E-state index contributed by atoms with van der Waals surface area (Å²) in [5, 5.41) is 2.90. The molecule has 0 aliphatic carbocycles. The van der Waals surface area contributed by atoms with E-state index in [-0.39, 0.29) is 29.2 Å². The number of hydrogen-bond donors (Lipinski definition) is 1. The smallest absolute Gasteiger partial charge is 0.243 e. The molecule has 0 radical (unpaired) electrons. The molecule has 1 aromatic carbocycles. The molecule has 28 heavy (non-hydrogen) atoms. The van der Waals surface area contributed by atoms with E-state index < -0.39 is 10.0 Å². The third kappa shape index (κ3) is 5.11. The van der Waals surface area contributed by atoms with E-state index in [4.69, 9.17) is 0 Å². The molecule has 0 spiro atoms. The summed E-state index contributed by atoms with van der Waals surface area (Å²) in [7, 11) is -3.58. The van der Waals surface area contributed by atoms with Crippen LogP contribution in [0.25, 0.3) is 0 Å². The molecule has 2 fully saturated rings. The van der Waals surface area contributed by atoms with E-state index in [0.717, 1.165) is 25.8 Å². The third-order valence-corrected chi connectivity index (χ3v) is 7.37. The van der Waals surface area contributed by atoms with E-state index in [1.807, 2.05) is 4.90 Å². The zero-order chi connectivity index (χ0) is 20.0. The summed E-state index contributed by atoms with van der Waals surface area (Å²) < 4.78 is 27.0. The fraction of sp³-hybridized carbons (Fsp3) is 0.600. The summed E-state index contributed by atoms with van der Waals surface area (Å²) in [6.45, 7) is 2.31.